The van der Waals surface area contributed by atoms with Crippen molar-refractivity contribution in [3.8, 4) is 0 Å². The van der Waals surface area contributed by atoms with Gasteiger partial charge in [0, 0.05) is 12.6 Å². The van der Waals surface area contributed by atoms with E-state index in [0.29, 0.717) is 19.8 Å². The van der Waals surface area contributed by atoms with Crippen molar-refractivity contribution < 1.29 is 18.6 Å². The Morgan fingerprint density at radius 2 is 2.00 bits per heavy atom. The summed E-state index contributed by atoms with van der Waals surface area (Å²) in [6.45, 7) is 4.94. The highest BCUT2D eigenvalue weighted by Crippen LogP contribution is 2.28. The van der Waals surface area contributed by atoms with Crippen molar-refractivity contribution in [2.75, 3.05) is 32.9 Å². The van der Waals surface area contributed by atoms with Crippen LogP contribution in [0.2, 0.25) is 0 Å². The van der Waals surface area contributed by atoms with Crippen LogP contribution in [0.5, 0.6) is 0 Å². The fourth-order valence-electron chi connectivity index (χ4n) is 1.69. The molecule has 1 rings (SSSR count). The lowest BCUT2D eigenvalue weighted by molar-refractivity contribution is -0.153. The first kappa shape index (κ1) is 12.8. The Bertz CT molecular complexity index is 190. The summed E-state index contributed by atoms with van der Waals surface area (Å²) in [5.74, 6) is 0. The number of hydrogen-bond donors (Lipinski definition) is 1. The van der Waals surface area contributed by atoms with Crippen LogP contribution in [0.15, 0.2) is 0 Å². The zero-order valence-electron chi connectivity index (χ0n) is 9.25. The lowest BCUT2D eigenvalue weighted by atomic mass is 9.86. The van der Waals surface area contributed by atoms with Crippen molar-refractivity contribution in [2.24, 2.45) is 5.41 Å². The summed E-state index contributed by atoms with van der Waals surface area (Å²) < 4.78 is 29.7. The van der Waals surface area contributed by atoms with Crippen LogP contribution in [-0.2, 0) is 4.74 Å². The van der Waals surface area contributed by atoms with E-state index in [0.717, 1.165) is 0 Å². The fourth-order valence-corrected chi connectivity index (χ4v) is 1.69. The molecule has 90 valence electrons. The molecule has 0 aromatic carbocycles. The summed E-state index contributed by atoms with van der Waals surface area (Å²) in [7, 11) is 0. The van der Waals surface area contributed by atoms with E-state index in [9.17, 15) is 13.9 Å². The minimum Gasteiger partial charge on any atom is -0.396 e. The van der Waals surface area contributed by atoms with Gasteiger partial charge >= 0.3 is 0 Å². The average molecular weight is 223 g/mol. The molecule has 0 spiro atoms. The van der Waals surface area contributed by atoms with Crippen LogP contribution < -0.4 is 0 Å². The maximum absolute atomic E-state index is 12.3. The van der Waals surface area contributed by atoms with Gasteiger partial charge in [0.05, 0.1) is 31.8 Å². The Morgan fingerprint density at radius 3 is 2.27 bits per heavy atom. The molecule has 1 aliphatic heterocycles. The monoisotopic (exact) mass is 223 g/mol. The molecule has 0 unspecified atom stereocenters. The first-order valence-corrected chi connectivity index (χ1v) is 5.20. The first-order valence-electron chi connectivity index (χ1n) is 5.20. The van der Waals surface area contributed by atoms with Gasteiger partial charge in [-0.2, -0.15) is 0 Å². The zero-order valence-corrected chi connectivity index (χ0v) is 9.25. The third kappa shape index (κ3) is 3.36. The van der Waals surface area contributed by atoms with Gasteiger partial charge in [-0.05, 0) is 13.8 Å². The van der Waals surface area contributed by atoms with Crippen molar-refractivity contribution in [3.63, 3.8) is 0 Å². The molecule has 15 heavy (non-hydrogen) atoms. The van der Waals surface area contributed by atoms with E-state index in [1.807, 2.05) is 13.8 Å². The standard InChI is InChI=1S/C10H19F2NO2/c1-8(2)13(3-9(11)12)4-10(5-14)6-15-7-10/h8-9,14H,3-7H2,1-2H3. The van der Waals surface area contributed by atoms with Crippen molar-refractivity contribution in [2.45, 2.75) is 26.3 Å². The van der Waals surface area contributed by atoms with Crippen LogP contribution in [-0.4, -0.2) is 55.4 Å². The van der Waals surface area contributed by atoms with Crippen LogP contribution in [0.4, 0.5) is 8.78 Å². The Hall–Kier alpha value is -0.260. The number of aliphatic hydroxyl groups is 1. The smallest absolute Gasteiger partial charge is 0.251 e. The quantitative estimate of drug-likeness (QED) is 0.728. The normalized spacial score (nSPS) is 20.0. The van der Waals surface area contributed by atoms with Gasteiger partial charge in [0.1, 0.15) is 0 Å². The van der Waals surface area contributed by atoms with Crippen molar-refractivity contribution in [1.82, 2.24) is 4.90 Å². The Balaban J connectivity index is 2.49. The minimum atomic E-state index is -2.33. The highest BCUT2D eigenvalue weighted by atomic mass is 19.3. The highest BCUT2D eigenvalue weighted by molar-refractivity contribution is 4.89. The first-order chi connectivity index (χ1) is 6.99. The van der Waals surface area contributed by atoms with Gasteiger partial charge in [0.15, 0.2) is 0 Å². The third-order valence-electron chi connectivity index (χ3n) is 2.79. The highest BCUT2D eigenvalue weighted by Gasteiger charge is 2.40. The zero-order chi connectivity index (χ0) is 11.5. The maximum Gasteiger partial charge on any atom is 0.251 e. The van der Waals surface area contributed by atoms with E-state index in [1.165, 1.54) is 0 Å². The predicted octanol–water partition coefficient (Wildman–Crippen LogP) is 0.971. The van der Waals surface area contributed by atoms with E-state index < -0.39 is 6.43 Å². The Morgan fingerprint density at radius 1 is 1.40 bits per heavy atom. The second kappa shape index (κ2) is 5.18. The molecule has 0 aliphatic carbocycles. The van der Waals surface area contributed by atoms with Gasteiger partial charge in [-0.25, -0.2) is 8.78 Å². The second-order valence-electron chi connectivity index (χ2n) is 4.57. The number of halogens is 2. The van der Waals surface area contributed by atoms with Crippen molar-refractivity contribution >= 4 is 0 Å². The van der Waals surface area contributed by atoms with E-state index in [4.69, 9.17) is 4.74 Å². The average Bonchev–Trinajstić information content (AvgIpc) is 2.08. The number of hydrogen-bond acceptors (Lipinski definition) is 3. The molecule has 0 saturated carbocycles. The number of aliphatic hydroxyl groups excluding tert-OH is 1. The Labute approximate surface area is 89.0 Å². The van der Waals surface area contributed by atoms with Gasteiger partial charge in [-0.3, -0.25) is 4.90 Å². The lowest BCUT2D eigenvalue weighted by Gasteiger charge is -2.44. The van der Waals surface area contributed by atoms with Gasteiger partial charge in [-0.1, -0.05) is 0 Å². The molecule has 0 bridgehead atoms. The molecule has 1 fully saturated rings. The van der Waals surface area contributed by atoms with Crippen molar-refractivity contribution in [3.05, 3.63) is 0 Å². The molecular weight excluding hydrogens is 204 g/mol. The number of ether oxygens (including phenoxy) is 1. The van der Waals surface area contributed by atoms with Crippen LogP contribution in [0.1, 0.15) is 13.8 Å². The molecule has 1 N–H and O–H groups in total. The van der Waals surface area contributed by atoms with E-state index in [2.05, 4.69) is 0 Å². The summed E-state index contributed by atoms with van der Waals surface area (Å²) in [6, 6.07) is 0.0584. The molecule has 0 aromatic rings. The predicted molar refractivity (Wildman–Crippen MR) is 53.1 cm³/mol. The molecule has 0 amide bonds. The molecule has 0 radical (unpaired) electrons. The Kier molecular flexibility index (Phi) is 4.43. The van der Waals surface area contributed by atoms with Gasteiger partial charge in [0.2, 0.25) is 0 Å². The topological polar surface area (TPSA) is 32.7 Å². The van der Waals surface area contributed by atoms with E-state index in [1.54, 1.807) is 4.90 Å². The van der Waals surface area contributed by atoms with Gasteiger partial charge in [-0.15, -0.1) is 0 Å². The van der Waals surface area contributed by atoms with Crippen LogP contribution in [0, 0.1) is 5.41 Å². The molecule has 5 heteroatoms. The number of alkyl halides is 2. The second-order valence-corrected chi connectivity index (χ2v) is 4.57. The van der Waals surface area contributed by atoms with Crippen LogP contribution in [0.25, 0.3) is 0 Å². The van der Waals surface area contributed by atoms with Gasteiger partial charge < -0.3 is 9.84 Å². The lowest BCUT2D eigenvalue weighted by Crippen LogP contribution is -2.55. The summed E-state index contributed by atoms with van der Waals surface area (Å²) >= 11 is 0. The summed E-state index contributed by atoms with van der Waals surface area (Å²) in [5, 5.41) is 9.21. The van der Waals surface area contributed by atoms with E-state index in [-0.39, 0.29) is 24.6 Å². The SMILES string of the molecule is CC(C)N(CC(F)F)CC1(CO)COC1. The van der Waals surface area contributed by atoms with Gasteiger partial charge in [0.25, 0.3) is 6.43 Å². The molecule has 1 heterocycles. The van der Waals surface area contributed by atoms with Crippen molar-refractivity contribution in [1.29, 1.82) is 0 Å². The maximum atomic E-state index is 12.3. The summed E-state index contributed by atoms with van der Waals surface area (Å²) in [5.41, 5.74) is -0.320. The largest absolute Gasteiger partial charge is 0.396 e. The summed E-state index contributed by atoms with van der Waals surface area (Å²) in [6.07, 6.45) is -2.33. The number of rotatable bonds is 6. The molecule has 0 atom stereocenters. The number of nitrogens with zero attached hydrogens (tertiary/aromatic N) is 1. The molecule has 1 aliphatic rings. The van der Waals surface area contributed by atoms with Crippen LogP contribution in [0.3, 0.4) is 0 Å². The van der Waals surface area contributed by atoms with Crippen LogP contribution >= 0.6 is 0 Å². The molecule has 3 nitrogen and oxygen atoms in total. The minimum absolute atomic E-state index is 0.000538. The fraction of sp³-hybridized carbons (Fsp3) is 1.00. The summed E-state index contributed by atoms with van der Waals surface area (Å²) in [4.78, 5) is 1.70. The van der Waals surface area contributed by atoms with E-state index >= 15 is 0 Å². The molecule has 1 saturated heterocycles. The third-order valence-corrected chi connectivity index (χ3v) is 2.79. The molecular formula is C10H19F2NO2. The molecule has 0 aromatic heterocycles.